The molecule has 7 nitrogen and oxygen atoms in total. The predicted molar refractivity (Wildman–Crippen MR) is 70.4 cm³/mol. The summed E-state index contributed by atoms with van der Waals surface area (Å²) in [5, 5.41) is 13.2. The van der Waals surface area contributed by atoms with Crippen LogP contribution in [0, 0.1) is 6.92 Å². The van der Waals surface area contributed by atoms with Crippen LogP contribution < -0.4 is 11.1 Å². The molecule has 0 aliphatic carbocycles. The average molecular weight is 264 g/mol. The summed E-state index contributed by atoms with van der Waals surface area (Å²) in [5.74, 6) is 0.0752. The summed E-state index contributed by atoms with van der Waals surface area (Å²) in [6.45, 7) is 1.81. The number of nitrogens with two attached hydrogens (primary N) is 1. The highest BCUT2D eigenvalue weighted by Crippen LogP contribution is 2.12. The molecular weight excluding hydrogens is 252 g/mol. The maximum absolute atomic E-state index is 12.0. The number of nitrogens with one attached hydrogen (secondary N) is 2. The molecule has 1 amide bonds. The van der Waals surface area contributed by atoms with E-state index < -0.39 is 0 Å². The SMILES string of the molecule is Cc1cc(C(=O)Nc2[nH]ncc2C(N)=S)n(C)n1. The van der Waals surface area contributed by atoms with Gasteiger partial charge in [-0.25, -0.2) is 0 Å². The molecule has 0 aliphatic rings. The highest BCUT2D eigenvalue weighted by molar-refractivity contribution is 7.80. The molecule has 94 valence electrons. The van der Waals surface area contributed by atoms with Gasteiger partial charge in [0.05, 0.1) is 17.5 Å². The monoisotopic (exact) mass is 264 g/mol. The summed E-state index contributed by atoms with van der Waals surface area (Å²) >= 11 is 4.85. The van der Waals surface area contributed by atoms with E-state index in [0.717, 1.165) is 5.69 Å². The van der Waals surface area contributed by atoms with Gasteiger partial charge in [0.1, 0.15) is 16.5 Å². The average Bonchev–Trinajstić information content (AvgIpc) is 2.85. The van der Waals surface area contributed by atoms with Crippen LogP contribution in [0.2, 0.25) is 0 Å². The number of H-pyrrole nitrogens is 1. The minimum atomic E-state index is -0.306. The molecule has 0 saturated heterocycles. The summed E-state index contributed by atoms with van der Waals surface area (Å²) < 4.78 is 1.50. The highest BCUT2D eigenvalue weighted by atomic mass is 32.1. The van der Waals surface area contributed by atoms with E-state index in [4.69, 9.17) is 18.0 Å². The molecule has 0 radical (unpaired) electrons. The topological polar surface area (TPSA) is 102 Å². The van der Waals surface area contributed by atoms with Crippen molar-refractivity contribution in [2.75, 3.05) is 5.32 Å². The first-order valence-corrected chi connectivity index (χ1v) is 5.55. The van der Waals surface area contributed by atoms with Crippen molar-refractivity contribution in [3.8, 4) is 0 Å². The number of hydrogen-bond donors (Lipinski definition) is 3. The number of hydrogen-bond acceptors (Lipinski definition) is 4. The minimum Gasteiger partial charge on any atom is -0.389 e. The van der Waals surface area contributed by atoms with E-state index in [9.17, 15) is 4.79 Å². The zero-order valence-electron chi connectivity index (χ0n) is 9.89. The smallest absolute Gasteiger partial charge is 0.275 e. The van der Waals surface area contributed by atoms with Gasteiger partial charge in [0.2, 0.25) is 0 Å². The number of carbonyl (C=O) groups excluding carboxylic acids is 1. The van der Waals surface area contributed by atoms with E-state index >= 15 is 0 Å². The number of aromatic nitrogens is 4. The van der Waals surface area contributed by atoms with Gasteiger partial charge in [-0.1, -0.05) is 12.2 Å². The van der Waals surface area contributed by atoms with Crippen LogP contribution in [0.15, 0.2) is 12.3 Å². The third kappa shape index (κ3) is 2.23. The summed E-state index contributed by atoms with van der Waals surface area (Å²) in [6.07, 6.45) is 1.46. The molecule has 0 atom stereocenters. The Morgan fingerprint density at radius 2 is 2.33 bits per heavy atom. The molecule has 2 heterocycles. The molecule has 0 aromatic carbocycles. The number of aromatic amines is 1. The van der Waals surface area contributed by atoms with E-state index in [-0.39, 0.29) is 10.9 Å². The molecule has 2 aromatic rings. The predicted octanol–water partition coefficient (Wildman–Crippen LogP) is 0.338. The van der Waals surface area contributed by atoms with Crippen molar-refractivity contribution in [3.05, 3.63) is 29.2 Å². The van der Waals surface area contributed by atoms with Gasteiger partial charge in [0, 0.05) is 7.05 Å². The van der Waals surface area contributed by atoms with Crippen molar-refractivity contribution in [2.45, 2.75) is 6.92 Å². The highest BCUT2D eigenvalue weighted by Gasteiger charge is 2.15. The Balaban J connectivity index is 2.24. The van der Waals surface area contributed by atoms with Crippen molar-refractivity contribution in [1.29, 1.82) is 0 Å². The van der Waals surface area contributed by atoms with E-state index in [2.05, 4.69) is 20.6 Å². The lowest BCUT2D eigenvalue weighted by molar-refractivity contribution is 0.101. The number of amides is 1. The molecular formula is C10H12N6OS. The van der Waals surface area contributed by atoms with E-state index in [1.54, 1.807) is 13.1 Å². The number of thiocarbonyl (C=S) groups is 1. The maximum Gasteiger partial charge on any atom is 0.275 e. The molecule has 2 rings (SSSR count). The fourth-order valence-electron chi connectivity index (χ4n) is 1.57. The normalized spacial score (nSPS) is 10.3. The van der Waals surface area contributed by atoms with Gasteiger partial charge < -0.3 is 11.1 Å². The van der Waals surface area contributed by atoms with Crippen LogP contribution in [-0.2, 0) is 7.05 Å². The quantitative estimate of drug-likeness (QED) is 0.694. The Kier molecular flexibility index (Phi) is 3.11. The minimum absolute atomic E-state index is 0.167. The number of carbonyl (C=O) groups is 1. The van der Waals surface area contributed by atoms with Crippen molar-refractivity contribution >= 4 is 28.9 Å². The zero-order valence-corrected chi connectivity index (χ0v) is 10.7. The summed E-state index contributed by atoms with van der Waals surface area (Å²) in [5.41, 5.74) is 7.21. The lowest BCUT2D eigenvalue weighted by Crippen LogP contribution is -2.19. The van der Waals surface area contributed by atoms with Crippen LogP contribution in [0.25, 0.3) is 0 Å². The van der Waals surface area contributed by atoms with Crippen molar-refractivity contribution < 1.29 is 4.79 Å². The van der Waals surface area contributed by atoms with Crippen molar-refractivity contribution in [2.24, 2.45) is 12.8 Å². The van der Waals surface area contributed by atoms with Crippen molar-refractivity contribution in [1.82, 2.24) is 20.0 Å². The van der Waals surface area contributed by atoms with Crippen LogP contribution in [0.5, 0.6) is 0 Å². The van der Waals surface area contributed by atoms with Gasteiger partial charge in [-0.2, -0.15) is 10.2 Å². The zero-order chi connectivity index (χ0) is 13.3. The van der Waals surface area contributed by atoms with E-state index in [0.29, 0.717) is 17.1 Å². The van der Waals surface area contributed by atoms with Crippen LogP contribution in [0.1, 0.15) is 21.7 Å². The fraction of sp³-hybridized carbons (Fsp3) is 0.200. The first-order chi connectivity index (χ1) is 8.49. The largest absolute Gasteiger partial charge is 0.389 e. The molecule has 0 bridgehead atoms. The molecule has 0 aliphatic heterocycles. The van der Waals surface area contributed by atoms with Gasteiger partial charge in [-0.15, -0.1) is 0 Å². The Morgan fingerprint density at radius 3 is 2.89 bits per heavy atom. The standard InChI is InChI=1S/C10H12N6OS/c1-5-3-7(16(2)15-5)10(17)13-9-6(8(11)18)4-12-14-9/h3-4H,1-2H3,(H2,11,18)(H2,12,13,14,17). The molecule has 0 saturated carbocycles. The van der Waals surface area contributed by atoms with E-state index in [1.807, 2.05) is 6.92 Å². The van der Waals surface area contributed by atoms with Gasteiger partial charge in [-0.05, 0) is 13.0 Å². The van der Waals surface area contributed by atoms with Gasteiger partial charge in [0.25, 0.3) is 5.91 Å². The van der Waals surface area contributed by atoms with Crippen LogP contribution in [0.4, 0.5) is 5.82 Å². The summed E-state index contributed by atoms with van der Waals surface area (Å²) in [6, 6.07) is 1.69. The first kappa shape index (κ1) is 12.2. The fourth-order valence-corrected chi connectivity index (χ4v) is 1.72. The Labute approximate surface area is 108 Å². The molecule has 0 fully saturated rings. The lowest BCUT2D eigenvalue weighted by Gasteiger charge is -2.04. The number of rotatable bonds is 3. The van der Waals surface area contributed by atoms with Crippen molar-refractivity contribution in [3.63, 3.8) is 0 Å². The van der Waals surface area contributed by atoms with Crippen LogP contribution >= 0.6 is 12.2 Å². The Hall–Kier alpha value is -2.22. The maximum atomic E-state index is 12.0. The third-order valence-corrected chi connectivity index (χ3v) is 2.60. The van der Waals surface area contributed by atoms with E-state index in [1.165, 1.54) is 10.9 Å². The van der Waals surface area contributed by atoms with Gasteiger partial charge in [0.15, 0.2) is 0 Å². The second-order valence-electron chi connectivity index (χ2n) is 3.77. The van der Waals surface area contributed by atoms with Gasteiger partial charge in [-0.3, -0.25) is 14.6 Å². The Morgan fingerprint density at radius 1 is 1.61 bits per heavy atom. The summed E-state index contributed by atoms with van der Waals surface area (Å²) in [7, 11) is 1.70. The molecule has 2 aromatic heterocycles. The molecule has 4 N–H and O–H groups in total. The second-order valence-corrected chi connectivity index (χ2v) is 4.21. The van der Waals surface area contributed by atoms with Crippen LogP contribution in [0.3, 0.4) is 0 Å². The third-order valence-electron chi connectivity index (χ3n) is 2.38. The number of anilines is 1. The van der Waals surface area contributed by atoms with Gasteiger partial charge >= 0.3 is 0 Å². The molecule has 18 heavy (non-hydrogen) atoms. The van der Waals surface area contributed by atoms with Crippen LogP contribution in [-0.4, -0.2) is 30.9 Å². The number of aryl methyl sites for hydroxylation is 2. The first-order valence-electron chi connectivity index (χ1n) is 5.14. The molecule has 0 unspecified atom stereocenters. The lowest BCUT2D eigenvalue weighted by atomic mass is 10.3. The number of nitrogens with zero attached hydrogens (tertiary/aromatic N) is 3. The second kappa shape index (κ2) is 4.57. The summed E-state index contributed by atoms with van der Waals surface area (Å²) in [4.78, 5) is 12.2. The Bertz CT molecular complexity index is 614. The molecule has 0 spiro atoms. The molecule has 8 heteroatoms.